The number of nitro groups is 1. The highest BCUT2D eigenvalue weighted by Gasteiger charge is 2.16. The number of nitro benzene ring substituents is 1. The minimum atomic E-state index is -0.523. The van der Waals surface area contributed by atoms with Crippen LogP contribution in [0.25, 0.3) is 0 Å². The SMILES string of the molecule is CC[C@H](CO)NC(=O)Nc1cc([N+](=O)[O-])c(C)cc1Br. The minimum absolute atomic E-state index is 0.0716. The number of nitrogens with one attached hydrogen (secondary N) is 2. The molecule has 0 fully saturated rings. The molecule has 0 heterocycles. The van der Waals surface area contributed by atoms with Gasteiger partial charge in [0.1, 0.15) is 0 Å². The lowest BCUT2D eigenvalue weighted by molar-refractivity contribution is -0.385. The van der Waals surface area contributed by atoms with Gasteiger partial charge in [0.15, 0.2) is 0 Å². The third-order valence-electron chi connectivity index (χ3n) is 2.78. The van der Waals surface area contributed by atoms with Crippen LogP contribution in [0.4, 0.5) is 16.2 Å². The molecular formula is C12H16BrN3O4. The van der Waals surface area contributed by atoms with Crippen molar-refractivity contribution in [2.75, 3.05) is 11.9 Å². The summed E-state index contributed by atoms with van der Waals surface area (Å²) in [7, 11) is 0. The van der Waals surface area contributed by atoms with Crippen molar-refractivity contribution in [3.8, 4) is 0 Å². The number of amides is 2. The predicted molar refractivity (Wildman–Crippen MR) is 78.9 cm³/mol. The quantitative estimate of drug-likeness (QED) is 0.563. The highest BCUT2D eigenvalue weighted by Crippen LogP contribution is 2.30. The molecule has 0 aliphatic heterocycles. The third kappa shape index (κ3) is 4.17. The molecule has 0 radical (unpaired) electrons. The van der Waals surface area contributed by atoms with E-state index in [0.29, 0.717) is 22.1 Å². The molecule has 0 bridgehead atoms. The van der Waals surface area contributed by atoms with Gasteiger partial charge in [-0.25, -0.2) is 4.79 Å². The summed E-state index contributed by atoms with van der Waals surface area (Å²) in [6.45, 7) is 3.28. The normalized spacial score (nSPS) is 11.8. The summed E-state index contributed by atoms with van der Waals surface area (Å²) in [6, 6.07) is 1.98. The van der Waals surface area contributed by atoms with Crippen LogP contribution in [-0.4, -0.2) is 28.7 Å². The molecule has 0 saturated heterocycles. The highest BCUT2D eigenvalue weighted by atomic mass is 79.9. The summed E-state index contributed by atoms with van der Waals surface area (Å²) in [5.74, 6) is 0. The van der Waals surface area contributed by atoms with Crippen LogP contribution in [0.3, 0.4) is 0 Å². The smallest absolute Gasteiger partial charge is 0.319 e. The first-order valence-corrected chi connectivity index (χ1v) is 6.81. The van der Waals surface area contributed by atoms with Crippen LogP contribution in [0.2, 0.25) is 0 Å². The number of aryl methyl sites for hydroxylation is 1. The van der Waals surface area contributed by atoms with Gasteiger partial charge in [0.05, 0.1) is 23.3 Å². The first-order chi connectivity index (χ1) is 9.38. The van der Waals surface area contributed by atoms with E-state index >= 15 is 0 Å². The molecule has 2 amide bonds. The second-order valence-corrected chi connectivity index (χ2v) is 5.12. The van der Waals surface area contributed by atoms with E-state index in [1.807, 2.05) is 6.92 Å². The molecule has 7 nitrogen and oxygen atoms in total. The van der Waals surface area contributed by atoms with Gasteiger partial charge in [0.2, 0.25) is 0 Å². The van der Waals surface area contributed by atoms with Crippen LogP contribution in [0.5, 0.6) is 0 Å². The van der Waals surface area contributed by atoms with Crippen molar-refractivity contribution in [2.45, 2.75) is 26.3 Å². The standard InChI is InChI=1S/C12H16BrN3O4/c1-3-8(6-17)14-12(18)15-10-5-11(16(19)20)7(2)4-9(10)13/h4-5,8,17H,3,6H2,1-2H3,(H2,14,15,18)/t8-/m1/s1. The molecular weight excluding hydrogens is 330 g/mol. The summed E-state index contributed by atoms with van der Waals surface area (Å²) in [5, 5.41) is 25.0. The van der Waals surface area contributed by atoms with Crippen LogP contribution in [0.1, 0.15) is 18.9 Å². The van der Waals surface area contributed by atoms with Crippen molar-refractivity contribution in [3.63, 3.8) is 0 Å². The summed E-state index contributed by atoms with van der Waals surface area (Å²) in [6.07, 6.45) is 0.582. The topological polar surface area (TPSA) is 104 Å². The van der Waals surface area contributed by atoms with E-state index in [9.17, 15) is 14.9 Å². The van der Waals surface area contributed by atoms with Gasteiger partial charge in [-0.1, -0.05) is 6.92 Å². The number of carbonyl (C=O) groups is 1. The predicted octanol–water partition coefficient (Wildman–Crippen LogP) is 2.56. The van der Waals surface area contributed by atoms with Gasteiger partial charge in [-0.05, 0) is 35.3 Å². The Bertz CT molecular complexity index is 518. The number of hydrogen-bond donors (Lipinski definition) is 3. The van der Waals surface area contributed by atoms with Gasteiger partial charge in [-0.3, -0.25) is 10.1 Å². The number of halogens is 1. The van der Waals surface area contributed by atoms with Crippen molar-refractivity contribution < 1.29 is 14.8 Å². The van der Waals surface area contributed by atoms with Crippen LogP contribution < -0.4 is 10.6 Å². The zero-order chi connectivity index (χ0) is 15.3. The van der Waals surface area contributed by atoms with Gasteiger partial charge in [-0.15, -0.1) is 0 Å². The van der Waals surface area contributed by atoms with Crippen LogP contribution in [-0.2, 0) is 0 Å². The molecule has 0 aliphatic rings. The summed E-state index contributed by atoms with van der Waals surface area (Å²) in [4.78, 5) is 22.1. The van der Waals surface area contributed by atoms with E-state index in [1.54, 1.807) is 13.0 Å². The van der Waals surface area contributed by atoms with Gasteiger partial charge >= 0.3 is 6.03 Å². The number of aliphatic hydroxyl groups excluding tert-OH is 1. The molecule has 0 saturated carbocycles. The molecule has 0 spiro atoms. The molecule has 1 atom stereocenters. The van der Waals surface area contributed by atoms with E-state index in [4.69, 9.17) is 5.11 Å². The van der Waals surface area contributed by atoms with Crippen LogP contribution in [0, 0.1) is 17.0 Å². The fourth-order valence-corrected chi connectivity index (χ4v) is 2.13. The Morgan fingerprint density at radius 2 is 2.20 bits per heavy atom. The zero-order valence-corrected chi connectivity index (χ0v) is 12.7. The molecule has 0 aromatic heterocycles. The van der Waals surface area contributed by atoms with Crippen molar-refractivity contribution >= 4 is 33.3 Å². The third-order valence-corrected chi connectivity index (χ3v) is 3.43. The Morgan fingerprint density at radius 1 is 1.55 bits per heavy atom. The fourth-order valence-electron chi connectivity index (χ4n) is 1.57. The largest absolute Gasteiger partial charge is 0.394 e. The Hall–Kier alpha value is -1.67. The van der Waals surface area contributed by atoms with E-state index < -0.39 is 11.0 Å². The molecule has 8 heteroatoms. The number of anilines is 1. The maximum absolute atomic E-state index is 11.7. The maximum Gasteiger partial charge on any atom is 0.319 e. The van der Waals surface area contributed by atoms with Gasteiger partial charge in [0.25, 0.3) is 5.69 Å². The Labute approximate surface area is 124 Å². The summed E-state index contributed by atoms with van der Waals surface area (Å²) >= 11 is 3.24. The molecule has 3 N–H and O–H groups in total. The Balaban J connectivity index is 2.89. The lowest BCUT2D eigenvalue weighted by atomic mass is 10.2. The number of rotatable bonds is 5. The molecule has 0 unspecified atom stereocenters. The van der Waals surface area contributed by atoms with E-state index in [1.165, 1.54) is 6.07 Å². The number of nitrogens with zero attached hydrogens (tertiary/aromatic N) is 1. The van der Waals surface area contributed by atoms with E-state index in [-0.39, 0.29) is 18.3 Å². The molecule has 20 heavy (non-hydrogen) atoms. The van der Waals surface area contributed by atoms with Crippen LogP contribution in [0.15, 0.2) is 16.6 Å². The minimum Gasteiger partial charge on any atom is -0.394 e. The Kier molecular flexibility index (Phi) is 5.90. The first-order valence-electron chi connectivity index (χ1n) is 6.02. The zero-order valence-electron chi connectivity index (χ0n) is 11.1. The molecule has 0 aliphatic carbocycles. The molecule has 1 rings (SSSR count). The van der Waals surface area contributed by atoms with Crippen molar-refractivity contribution in [2.24, 2.45) is 0 Å². The maximum atomic E-state index is 11.7. The summed E-state index contributed by atoms with van der Waals surface area (Å²) in [5.41, 5.74) is 0.722. The molecule has 1 aromatic carbocycles. The number of hydrogen-bond acceptors (Lipinski definition) is 4. The van der Waals surface area contributed by atoms with Crippen molar-refractivity contribution in [3.05, 3.63) is 32.3 Å². The first kappa shape index (κ1) is 16.4. The monoisotopic (exact) mass is 345 g/mol. The van der Waals surface area contributed by atoms with E-state index in [2.05, 4.69) is 26.6 Å². The van der Waals surface area contributed by atoms with Crippen molar-refractivity contribution in [1.82, 2.24) is 5.32 Å². The van der Waals surface area contributed by atoms with Gasteiger partial charge < -0.3 is 15.7 Å². The average molecular weight is 346 g/mol. The number of urea groups is 1. The number of aliphatic hydroxyl groups is 1. The lowest BCUT2D eigenvalue weighted by Crippen LogP contribution is -2.39. The van der Waals surface area contributed by atoms with Gasteiger partial charge in [-0.2, -0.15) is 0 Å². The second-order valence-electron chi connectivity index (χ2n) is 4.26. The average Bonchev–Trinajstić information content (AvgIpc) is 2.38. The lowest BCUT2D eigenvalue weighted by Gasteiger charge is -2.15. The summed E-state index contributed by atoms with van der Waals surface area (Å²) < 4.78 is 0.549. The number of benzene rings is 1. The second kappa shape index (κ2) is 7.20. The van der Waals surface area contributed by atoms with Gasteiger partial charge in [0, 0.05) is 16.1 Å². The van der Waals surface area contributed by atoms with Crippen molar-refractivity contribution in [1.29, 1.82) is 0 Å². The Morgan fingerprint density at radius 3 is 2.70 bits per heavy atom. The fraction of sp³-hybridized carbons (Fsp3) is 0.417. The van der Waals surface area contributed by atoms with E-state index in [0.717, 1.165) is 0 Å². The molecule has 1 aromatic rings. The highest BCUT2D eigenvalue weighted by molar-refractivity contribution is 9.10. The van der Waals surface area contributed by atoms with Crippen LogP contribution >= 0.6 is 15.9 Å². The number of carbonyl (C=O) groups excluding carboxylic acids is 1. The molecule has 110 valence electrons.